The van der Waals surface area contributed by atoms with E-state index >= 15 is 0 Å². The van der Waals surface area contributed by atoms with Crippen LogP contribution in [0.3, 0.4) is 0 Å². The number of hydrogen-bond donors (Lipinski definition) is 3. The van der Waals surface area contributed by atoms with Crippen molar-refractivity contribution in [1.82, 2.24) is 16.0 Å². The van der Waals surface area contributed by atoms with Gasteiger partial charge < -0.3 is 20.7 Å². The molecule has 1 saturated heterocycles. The number of allylic oxidation sites excluding steroid dienone is 1. The number of hydrogen-bond acceptors (Lipinski definition) is 4. The summed E-state index contributed by atoms with van der Waals surface area (Å²) in [7, 11) is 1.54. The Labute approximate surface area is 170 Å². The van der Waals surface area contributed by atoms with Gasteiger partial charge in [-0.3, -0.25) is 9.59 Å². The van der Waals surface area contributed by atoms with Crippen LogP contribution in [0.25, 0.3) is 0 Å². The van der Waals surface area contributed by atoms with Gasteiger partial charge in [0.15, 0.2) is 0 Å². The van der Waals surface area contributed by atoms with Crippen LogP contribution in [0.4, 0.5) is 8.78 Å². The van der Waals surface area contributed by atoms with Crippen molar-refractivity contribution in [1.29, 1.82) is 0 Å². The number of nitrogens with one attached hydrogen (secondary N) is 3. The summed E-state index contributed by atoms with van der Waals surface area (Å²) in [4.78, 5) is 22.4. The minimum Gasteiger partial charge on any atom is -0.368 e. The summed E-state index contributed by atoms with van der Waals surface area (Å²) in [5, 5.41) is 7.58. The van der Waals surface area contributed by atoms with Crippen molar-refractivity contribution < 1.29 is 23.1 Å². The Morgan fingerprint density at radius 2 is 1.96 bits per heavy atom. The first-order valence-corrected chi connectivity index (χ1v) is 10.2. The fourth-order valence-corrected chi connectivity index (χ4v) is 3.16. The molecule has 2 aliphatic rings. The molecular formula is C19H32ClF2N3O3. The molecule has 1 aliphatic heterocycles. The van der Waals surface area contributed by atoms with Gasteiger partial charge in [0, 0.05) is 25.7 Å². The summed E-state index contributed by atoms with van der Waals surface area (Å²) in [5.41, 5.74) is 0.653. The van der Waals surface area contributed by atoms with Gasteiger partial charge in [0.1, 0.15) is 19.0 Å². The zero-order valence-electron chi connectivity index (χ0n) is 16.6. The standard InChI is InChI=1S/C10H17FN2O.C9H15ClFNO2/c1-3-7(2)13-10(14)8-4-5-12-6-9(8)11;1-12-9(13)5-14-6-2-3-7(10)8(11)4-6/h8-9,12H,2-6H2,1H3,(H,13,14);6-8H,2-5H2,1H3,(H,12,13). The maximum absolute atomic E-state index is 13.3. The predicted octanol–water partition coefficient (Wildman–Crippen LogP) is 2.22. The molecule has 162 valence electrons. The van der Waals surface area contributed by atoms with E-state index in [1.807, 2.05) is 6.92 Å². The highest BCUT2D eigenvalue weighted by molar-refractivity contribution is 6.21. The molecular weight excluding hydrogens is 392 g/mol. The highest BCUT2D eigenvalue weighted by Crippen LogP contribution is 2.27. The molecule has 3 N–H and O–H groups in total. The quantitative estimate of drug-likeness (QED) is 0.572. The SMILES string of the molecule is C=C(CC)NC(=O)C1CCNCC1F.CNC(=O)COC1CCC(Cl)C(F)C1. The fourth-order valence-electron chi connectivity index (χ4n) is 2.93. The second-order valence-corrected chi connectivity index (χ2v) is 7.57. The minimum absolute atomic E-state index is 0.000832. The number of rotatable bonds is 6. The summed E-state index contributed by atoms with van der Waals surface area (Å²) < 4.78 is 31.7. The van der Waals surface area contributed by atoms with Gasteiger partial charge in [0.2, 0.25) is 11.8 Å². The van der Waals surface area contributed by atoms with Gasteiger partial charge in [-0.25, -0.2) is 8.78 Å². The van der Waals surface area contributed by atoms with Gasteiger partial charge in [-0.05, 0) is 32.2 Å². The molecule has 0 aromatic rings. The van der Waals surface area contributed by atoms with Crippen LogP contribution in [-0.2, 0) is 14.3 Å². The van der Waals surface area contributed by atoms with E-state index in [4.69, 9.17) is 16.3 Å². The maximum atomic E-state index is 13.3. The van der Waals surface area contributed by atoms with E-state index in [-0.39, 0.29) is 31.1 Å². The molecule has 0 bridgehead atoms. The Hall–Kier alpha value is -1.25. The molecule has 0 spiro atoms. The summed E-state index contributed by atoms with van der Waals surface area (Å²) in [6.45, 7) is 6.54. The van der Waals surface area contributed by atoms with Crippen molar-refractivity contribution in [3.8, 4) is 0 Å². The van der Waals surface area contributed by atoms with Crippen LogP contribution >= 0.6 is 11.6 Å². The van der Waals surface area contributed by atoms with Crippen LogP contribution < -0.4 is 16.0 Å². The molecule has 1 aliphatic carbocycles. The van der Waals surface area contributed by atoms with Crippen LogP contribution in [0.1, 0.15) is 39.0 Å². The Kier molecular flexibility index (Phi) is 11.6. The molecule has 0 aromatic heterocycles. The van der Waals surface area contributed by atoms with E-state index in [0.717, 1.165) is 6.42 Å². The van der Waals surface area contributed by atoms with Gasteiger partial charge in [0.05, 0.1) is 17.4 Å². The van der Waals surface area contributed by atoms with Gasteiger partial charge in [0.25, 0.3) is 0 Å². The van der Waals surface area contributed by atoms with Crippen LogP contribution in [0, 0.1) is 5.92 Å². The third-order valence-electron chi connectivity index (χ3n) is 4.85. The summed E-state index contributed by atoms with van der Waals surface area (Å²) in [6.07, 6.45) is 0.626. The largest absolute Gasteiger partial charge is 0.368 e. The first kappa shape index (κ1) is 24.8. The number of carbonyl (C=O) groups is 2. The molecule has 9 heteroatoms. The highest BCUT2D eigenvalue weighted by Gasteiger charge is 2.31. The number of carbonyl (C=O) groups excluding carboxylic acids is 2. The second kappa shape index (κ2) is 13.1. The molecule has 0 aromatic carbocycles. The average Bonchev–Trinajstić information content (AvgIpc) is 2.69. The first-order valence-electron chi connectivity index (χ1n) is 9.72. The molecule has 5 atom stereocenters. The van der Waals surface area contributed by atoms with E-state index in [1.165, 1.54) is 0 Å². The molecule has 5 unspecified atom stereocenters. The number of piperidine rings is 1. The third kappa shape index (κ3) is 8.84. The molecule has 0 radical (unpaired) electrons. The van der Waals surface area contributed by atoms with Gasteiger partial charge in [-0.15, -0.1) is 11.6 Å². The Balaban J connectivity index is 0.000000280. The van der Waals surface area contributed by atoms with Crippen molar-refractivity contribution in [3.63, 3.8) is 0 Å². The van der Waals surface area contributed by atoms with E-state index in [9.17, 15) is 18.4 Å². The third-order valence-corrected chi connectivity index (χ3v) is 5.34. The van der Waals surface area contributed by atoms with Gasteiger partial charge in [-0.2, -0.15) is 0 Å². The number of halogens is 3. The average molecular weight is 424 g/mol. The lowest BCUT2D eigenvalue weighted by molar-refractivity contribution is -0.128. The summed E-state index contributed by atoms with van der Waals surface area (Å²) >= 11 is 5.71. The van der Waals surface area contributed by atoms with Crippen molar-refractivity contribution in [2.24, 2.45) is 5.92 Å². The molecule has 2 fully saturated rings. The summed E-state index contributed by atoms with van der Waals surface area (Å²) in [5.74, 6) is -0.932. The lowest BCUT2D eigenvalue weighted by atomic mass is 9.95. The van der Waals surface area contributed by atoms with E-state index in [1.54, 1.807) is 7.05 Å². The van der Waals surface area contributed by atoms with Crippen LogP contribution in [0.15, 0.2) is 12.3 Å². The smallest absolute Gasteiger partial charge is 0.245 e. The number of alkyl halides is 3. The Bertz CT molecular complexity index is 525. The zero-order valence-corrected chi connectivity index (χ0v) is 17.4. The minimum atomic E-state index is -1.08. The van der Waals surface area contributed by atoms with Gasteiger partial charge >= 0.3 is 0 Å². The van der Waals surface area contributed by atoms with Crippen molar-refractivity contribution >= 4 is 23.4 Å². The molecule has 2 amide bonds. The maximum Gasteiger partial charge on any atom is 0.245 e. The van der Waals surface area contributed by atoms with Gasteiger partial charge in [-0.1, -0.05) is 13.5 Å². The molecule has 2 rings (SSSR count). The van der Waals surface area contributed by atoms with E-state index in [0.29, 0.717) is 37.9 Å². The monoisotopic (exact) mass is 423 g/mol. The predicted molar refractivity (Wildman–Crippen MR) is 106 cm³/mol. The number of likely N-dealkylation sites (N-methyl/N-ethyl adjacent to an activating group) is 1. The lowest BCUT2D eigenvalue weighted by Gasteiger charge is -2.27. The normalized spacial score (nSPS) is 29.8. The molecule has 1 saturated carbocycles. The first-order chi connectivity index (χ1) is 13.3. The molecule has 1 heterocycles. The van der Waals surface area contributed by atoms with Crippen LogP contribution in [0.5, 0.6) is 0 Å². The van der Waals surface area contributed by atoms with Crippen molar-refractivity contribution in [2.45, 2.75) is 62.9 Å². The van der Waals surface area contributed by atoms with Crippen LogP contribution in [-0.4, -0.2) is 62.4 Å². The molecule has 6 nitrogen and oxygen atoms in total. The zero-order chi connectivity index (χ0) is 21.1. The van der Waals surface area contributed by atoms with Crippen molar-refractivity contribution in [2.75, 3.05) is 26.7 Å². The molecule has 28 heavy (non-hydrogen) atoms. The van der Waals surface area contributed by atoms with E-state index in [2.05, 4.69) is 22.5 Å². The summed E-state index contributed by atoms with van der Waals surface area (Å²) in [6, 6.07) is 0. The van der Waals surface area contributed by atoms with Crippen LogP contribution in [0.2, 0.25) is 0 Å². The highest BCUT2D eigenvalue weighted by atomic mass is 35.5. The Morgan fingerprint density at radius 1 is 1.25 bits per heavy atom. The second-order valence-electron chi connectivity index (χ2n) is 7.01. The van der Waals surface area contributed by atoms with E-state index < -0.39 is 23.6 Å². The topological polar surface area (TPSA) is 79.5 Å². The fraction of sp³-hybridized carbons (Fsp3) is 0.789. The number of amides is 2. The Morgan fingerprint density at radius 3 is 2.54 bits per heavy atom. The lowest BCUT2D eigenvalue weighted by Crippen LogP contribution is -2.45. The number of ether oxygens (including phenoxy) is 1. The van der Waals surface area contributed by atoms with Crippen molar-refractivity contribution in [3.05, 3.63) is 12.3 Å².